The van der Waals surface area contributed by atoms with Gasteiger partial charge in [0.05, 0.1) is 0 Å². The maximum atomic E-state index is 4.10. The van der Waals surface area contributed by atoms with Crippen molar-refractivity contribution >= 4 is 20.1 Å². The van der Waals surface area contributed by atoms with Crippen LogP contribution in [-0.2, 0) is 0 Å². The average molecular weight is 504 g/mol. The van der Waals surface area contributed by atoms with E-state index in [1.54, 1.807) is 5.57 Å². The first kappa shape index (κ1) is 30.3. The molecule has 0 radical (unpaired) electrons. The van der Waals surface area contributed by atoms with E-state index in [0.717, 1.165) is 19.0 Å². The Balaban J connectivity index is 2.50. The zero-order chi connectivity index (χ0) is 27.3. The smallest absolute Gasteiger partial charge is 0.0313 e. The molecule has 196 valence electrons. The predicted octanol–water partition coefficient (Wildman–Crippen LogP) is 9.64. The summed E-state index contributed by atoms with van der Waals surface area (Å²) in [7, 11) is 5.82. The lowest BCUT2D eigenvalue weighted by atomic mass is 9.69. The molecular formula is C34H50NP. The summed E-state index contributed by atoms with van der Waals surface area (Å²) in [5.74, 6) is 2.95. The van der Waals surface area contributed by atoms with Gasteiger partial charge < -0.3 is 4.90 Å². The van der Waals surface area contributed by atoms with Crippen LogP contribution in [0.2, 0.25) is 0 Å². The van der Waals surface area contributed by atoms with Crippen molar-refractivity contribution in [1.29, 1.82) is 0 Å². The molecule has 0 saturated heterocycles. The Kier molecular flexibility index (Phi) is 10.5. The highest BCUT2D eigenvalue weighted by molar-refractivity contribution is 7.39. The molecule has 1 saturated carbocycles. The number of rotatable bonds is 10. The third-order valence-electron chi connectivity index (χ3n) is 8.66. The quantitative estimate of drug-likeness (QED) is 0.174. The van der Waals surface area contributed by atoms with Crippen LogP contribution >= 0.6 is 8.20 Å². The van der Waals surface area contributed by atoms with Crippen molar-refractivity contribution in [1.82, 2.24) is 4.90 Å². The Morgan fingerprint density at radius 1 is 1.14 bits per heavy atom. The summed E-state index contributed by atoms with van der Waals surface area (Å²) in [6, 6.07) is 7.07. The first-order valence-electron chi connectivity index (χ1n) is 13.4. The van der Waals surface area contributed by atoms with Crippen molar-refractivity contribution in [2.24, 2.45) is 10.8 Å². The van der Waals surface area contributed by atoms with Crippen molar-refractivity contribution in [3.8, 4) is 0 Å². The van der Waals surface area contributed by atoms with Crippen molar-refractivity contribution < 1.29 is 0 Å². The third-order valence-corrected chi connectivity index (χ3v) is 10.2. The third kappa shape index (κ3) is 6.67. The molecule has 2 heteroatoms. The number of hydrogen-bond donors (Lipinski definition) is 0. The van der Waals surface area contributed by atoms with Gasteiger partial charge in [0.25, 0.3) is 0 Å². The number of benzene rings is 1. The van der Waals surface area contributed by atoms with Crippen LogP contribution in [-0.4, -0.2) is 37.0 Å². The normalized spacial score (nSPS) is 21.4. The van der Waals surface area contributed by atoms with Gasteiger partial charge in [0.1, 0.15) is 0 Å². The molecule has 1 aromatic carbocycles. The molecule has 0 heterocycles. The Morgan fingerprint density at radius 3 is 2.36 bits per heavy atom. The fourth-order valence-electron chi connectivity index (χ4n) is 5.33. The van der Waals surface area contributed by atoms with Gasteiger partial charge in [0.15, 0.2) is 0 Å². The molecule has 1 nitrogen and oxygen atoms in total. The van der Waals surface area contributed by atoms with E-state index in [4.69, 9.17) is 0 Å². The first-order chi connectivity index (χ1) is 16.8. The first-order valence-corrected chi connectivity index (χ1v) is 14.5. The van der Waals surface area contributed by atoms with Gasteiger partial charge in [-0.25, -0.2) is 0 Å². The molecule has 2 atom stereocenters. The van der Waals surface area contributed by atoms with Crippen LogP contribution in [0.4, 0.5) is 0 Å². The summed E-state index contributed by atoms with van der Waals surface area (Å²) in [6.45, 7) is 26.5. The number of nitrogens with zero attached hydrogens (tertiary/aromatic N) is 1. The van der Waals surface area contributed by atoms with Crippen LogP contribution < -0.4 is 0 Å². The molecule has 0 amide bonds. The Hall–Kier alpha value is -1.95. The van der Waals surface area contributed by atoms with Gasteiger partial charge >= 0.3 is 0 Å². The van der Waals surface area contributed by atoms with E-state index in [9.17, 15) is 0 Å². The molecule has 0 aromatic heterocycles. The van der Waals surface area contributed by atoms with Gasteiger partial charge in [-0.2, -0.15) is 0 Å². The predicted molar refractivity (Wildman–Crippen MR) is 167 cm³/mol. The summed E-state index contributed by atoms with van der Waals surface area (Å²) in [5, 5.41) is 0. The second kappa shape index (κ2) is 12.5. The highest BCUT2D eigenvalue weighted by Gasteiger charge is 2.35. The minimum Gasteiger partial charge on any atom is -0.303 e. The van der Waals surface area contributed by atoms with Crippen LogP contribution in [0.1, 0.15) is 83.9 Å². The Morgan fingerprint density at radius 2 is 1.81 bits per heavy atom. The molecule has 1 aromatic rings. The van der Waals surface area contributed by atoms with Crippen molar-refractivity contribution in [2.75, 3.05) is 20.3 Å². The van der Waals surface area contributed by atoms with E-state index >= 15 is 0 Å². The number of aryl methyl sites for hydroxylation is 1. The van der Waals surface area contributed by atoms with Crippen molar-refractivity contribution in [3.63, 3.8) is 0 Å². The minimum atomic E-state index is 0.104. The van der Waals surface area contributed by atoms with E-state index in [0.29, 0.717) is 12.0 Å². The largest absolute Gasteiger partial charge is 0.303 e. The second-order valence-corrected chi connectivity index (χ2v) is 12.9. The molecule has 2 rings (SSSR count). The molecule has 1 aliphatic carbocycles. The van der Waals surface area contributed by atoms with Crippen molar-refractivity contribution in [2.45, 2.75) is 80.2 Å². The van der Waals surface area contributed by atoms with Crippen LogP contribution in [0.3, 0.4) is 0 Å². The van der Waals surface area contributed by atoms with Crippen LogP contribution in [0.15, 0.2) is 71.9 Å². The maximum Gasteiger partial charge on any atom is 0.0313 e. The van der Waals surface area contributed by atoms with E-state index < -0.39 is 0 Å². The average Bonchev–Trinajstić information content (AvgIpc) is 3.26. The summed E-state index contributed by atoms with van der Waals surface area (Å²) >= 11 is 0. The van der Waals surface area contributed by atoms with E-state index in [-0.39, 0.29) is 10.8 Å². The molecule has 0 N–H and O–H groups in total. The molecule has 1 fully saturated rings. The standard InChI is InChI=1S/C34H50NP/c1-13-17-29(25(5)22-36-23-34(9,10)33(7,8)15-3)26(6)30-20-28(21-31(30)35(11)12)32-24(4)18-16-19-27(32)14-2/h13-19,22,28,31H,2-3,20-21,23H2,1,4-12H3/b17-13-,29-25+,30-26+. The Labute approximate surface area is 224 Å². The van der Waals surface area contributed by atoms with Crippen LogP contribution in [0.25, 0.3) is 6.08 Å². The van der Waals surface area contributed by atoms with Gasteiger partial charge in [-0.15, -0.1) is 14.8 Å². The number of likely N-dealkylation sites (N-methyl/N-ethyl adjacent to an activating group) is 1. The monoisotopic (exact) mass is 503 g/mol. The van der Waals surface area contributed by atoms with Crippen molar-refractivity contribution in [3.05, 3.63) is 88.6 Å². The molecule has 1 aliphatic rings. The zero-order valence-corrected chi connectivity index (χ0v) is 25.6. The fraction of sp³-hybridized carbons (Fsp3) is 0.500. The van der Waals surface area contributed by atoms with Gasteiger partial charge in [-0.3, -0.25) is 0 Å². The summed E-state index contributed by atoms with van der Waals surface area (Å²) in [4.78, 5) is 2.41. The molecule has 0 aliphatic heterocycles. The summed E-state index contributed by atoms with van der Waals surface area (Å²) in [5.41, 5.74) is 10.2. The summed E-state index contributed by atoms with van der Waals surface area (Å²) in [6.07, 6.45) is 12.0. The van der Waals surface area contributed by atoms with Crippen LogP contribution in [0, 0.1) is 17.8 Å². The highest BCUT2D eigenvalue weighted by Crippen LogP contribution is 2.45. The van der Waals surface area contributed by atoms with E-state index in [1.807, 2.05) is 6.08 Å². The Bertz CT molecular complexity index is 1070. The molecular weight excluding hydrogens is 453 g/mol. The fourth-order valence-corrected chi connectivity index (χ4v) is 6.70. The van der Waals surface area contributed by atoms with Crippen LogP contribution in [0.5, 0.6) is 0 Å². The van der Waals surface area contributed by atoms with Gasteiger partial charge in [-0.05, 0) is 122 Å². The topological polar surface area (TPSA) is 3.24 Å². The van der Waals surface area contributed by atoms with Gasteiger partial charge in [0, 0.05) is 6.04 Å². The lowest BCUT2D eigenvalue weighted by Gasteiger charge is -2.38. The maximum absolute atomic E-state index is 4.10. The SMILES string of the molecule is C=Cc1cccc(C)c1C1C\C(=C(C)/C(/C=C\C)=C(\C)C=PCC(C)(C)C(C)(C)C=C)C(N(C)C)C1. The zero-order valence-electron chi connectivity index (χ0n) is 24.7. The highest BCUT2D eigenvalue weighted by atomic mass is 31.1. The molecule has 2 unspecified atom stereocenters. The number of allylic oxidation sites excluding steroid dienone is 6. The molecule has 0 spiro atoms. The van der Waals surface area contributed by atoms with E-state index in [1.165, 1.54) is 41.6 Å². The molecule has 36 heavy (non-hydrogen) atoms. The minimum absolute atomic E-state index is 0.104. The lowest BCUT2D eigenvalue weighted by Crippen LogP contribution is -2.32. The van der Waals surface area contributed by atoms with E-state index in [2.05, 4.69) is 130 Å². The van der Waals surface area contributed by atoms with Gasteiger partial charge in [0.2, 0.25) is 0 Å². The second-order valence-electron chi connectivity index (χ2n) is 11.9. The molecule has 0 bridgehead atoms. The number of hydrogen-bond acceptors (Lipinski definition) is 1. The summed E-state index contributed by atoms with van der Waals surface area (Å²) < 4.78 is 0. The lowest BCUT2D eigenvalue weighted by molar-refractivity contribution is 0.199. The van der Waals surface area contributed by atoms with Gasteiger partial charge in [-0.1, -0.05) is 76.8 Å².